The lowest BCUT2D eigenvalue weighted by Gasteiger charge is -2.10. The highest BCUT2D eigenvalue weighted by molar-refractivity contribution is 7.13. The summed E-state index contributed by atoms with van der Waals surface area (Å²) < 4.78 is 10.7. The number of carbonyl (C=O) groups is 1. The van der Waals surface area contributed by atoms with E-state index in [9.17, 15) is 4.79 Å². The second-order valence-electron chi connectivity index (χ2n) is 4.97. The normalized spacial score (nSPS) is 10.5. The van der Waals surface area contributed by atoms with E-state index in [1.165, 1.54) is 0 Å². The predicted octanol–water partition coefficient (Wildman–Crippen LogP) is 3.77. The fourth-order valence-corrected chi connectivity index (χ4v) is 2.80. The van der Waals surface area contributed by atoms with Gasteiger partial charge in [-0.3, -0.25) is 4.79 Å². The molecule has 0 bridgehead atoms. The number of hydrogen-bond donors (Lipinski definition) is 1. The molecule has 24 heavy (non-hydrogen) atoms. The third kappa shape index (κ3) is 3.99. The number of hydrogen-bond acceptors (Lipinski definition) is 6. The smallest absolute Gasteiger partial charge is 0.227 e. The maximum atomic E-state index is 12.1. The molecule has 1 N–H and O–H groups in total. The molecule has 3 aromatic rings. The Hall–Kier alpha value is -2.67. The molecule has 0 aliphatic rings. The zero-order chi connectivity index (χ0) is 16.8. The van der Waals surface area contributed by atoms with Crippen LogP contribution in [0.1, 0.15) is 19.2 Å². The van der Waals surface area contributed by atoms with Gasteiger partial charge < -0.3 is 14.6 Å². The minimum atomic E-state index is -0.127. The molecular weight excluding hydrogens is 326 g/mol. The molecule has 0 saturated heterocycles. The summed E-state index contributed by atoms with van der Waals surface area (Å²) in [6.45, 7) is 2.44. The molecule has 124 valence electrons. The number of nitrogens with one attached hydrogen (secondary N) is 1. The van der Waals surface area contributed by atoms with Crippen LogP contribution in [-0.4, -0.2) is 22.7 Å². The highest BCUT2D eigenvalue weighted by Crippen LogP contribution is 2.24. The van der Waals surface area contributed by atoms with Crippen LogP contribution < -0.4 is 10.1 Å². The molecule has 0 radical (unpaired) electrons. The zero-order valence-corrected chi connectivity index (χ0v) is 14.0. The Morgan fingerprint density at radius 3 is 2.96 bits per heavy atom. The van der Waals surface area contributed by atoms with Crippen LogP contribution in [-0.2, 0) is 11.2 Å². The summed E-state index contributed by atoms with van der Waals surface area (Å²) in [6.07, 6.45) is 0.646. The number of rotatable bonds is 7. The van der Waals surface area contributed by atoms with Gasteiger partial charge in [-0.05, 0) is 30.5 Å². The first kappa shape index (κ1) is 16.2. The molecule has 1 amide bonds. The van der Waals surface area contributed by atoms with Gasteiger partial charge in [-0.1, -0.05) is 23.4 Å². The Morgan fingerprint density at radius 1 is 1.29 bits per heavy atom. The van der Waals surface area contributed by atoms with Crippen LogP contribution in [0.5, 0.6) is 5.75 Å². The molecule has 0 atom stereocenters. The molecular formula is C17H17N3O3S. The molecule has 0 spiro atoms. The van der Waals surface area contributed by atoms with Crippen molar-refractivity contribution in [1.82, 2.24) is 10.1 Å². The van der Waals surface area contributed by atoms with Gasteiger partial charge in [0, 0.05) is 12.8 Å². The molecule has 3 rings (SSSR count). The van der Waals surface area contributed by atoms with E-state index in [1.54, 1.807) is 11.3 Å². The molecule has 0 aliphatic carbocycles. The van der Waals surface area contributed by atoms with Gasteiger partial charge in [-0.15, -0.1) is 11.3 Å². The van der Waals surface area contributed by atoms with Crippen molar-refractivity contribution >= 4 is 22.9 Å². The zero-order valence-electron chi connectivity index (χ0n) is 13.2. The lowest BCUT2D eigenvalue weighted by atomic mass is 10.2. The first-order valence-electron chi connectivity index (χ1n) is 7.64. The van der Waals surface area contributed by atoms with Crippen molar-refractivity contribution in [2.75, 3.05) is 11.9 Å². The van der Waals surface area contributed by atoms with Crippen molar-refractivity contribution in [3.63, 3.8) is 0 Å². The molecule has 0 fully saturated rings. The van der Waals surface area contributed by atoms with Crippen molar-refractivity contribution in [2.24, 2.45) is 0 Å². The number of anilines is 1. The Kier molecular flexibility index (Phi) is 5.22. The number of nitrogens with zero attached hydrogens (tertiary/aromatic N) is 2. The van der Waals surface area contributed by atoms with E-state index in [1.807, 2.05) is 48.7 Å². The number of carbonyl (C=O) groups excluding carboxylic acids is 1. The Balaban J connectivity index is 1.56. The molecule has 0 aliphatic heterocycles. The Labute approximate surface area is 143 Å². The minimum absolute atomic E-state index is 0.127. The molecule has 0 unspecified atom stereocenters. The summed E-state index contributed by atoms with van der Waals surface area (Å²) >= 11 is 1.54. The lowest BCUT2D eigenvalue weighted by Crippen LogP contribution is -2.13. The summed E-state index contributed by atoms with van der Waals surface area (Å²) in [6, 6.07) is 11.2. The number of ether oxygens (including phenoxy) is 1. The van der Waals surface area contributed by atoms with E-state index < -0.39 is 0 Å². The van der Waals surface area contributed by atoms with Crippen LogP contribution in [0.4, 0.5) is 5.69 Å². The van der Waals surface area contributed by atoms with Gasteiger partial charge in [0.25, 0.3) is 0 Å². The van der Waals surface area contributed by atoms with Crippen LogP contribution in [0, 0.1) is 0 Å². The van der Waals surface area contributed by atoms with Crippen molar-refractivity contribution in [2.45, 2.75) is 19.8 Å². The number of benzene rings is 1. The van der Waals surface area contributed by atoms with Gasteiger partial charge in [-0.25, -0.2) is 0 Å². The molecule has 7 heteroatoms. The SMILES string of the molecule is CCOc1ccccc1NC(=O)CCc1nc(-c2cccs2)no1. The van der Waals surface area contributed by atoms with Crippen LogP contribution >= 0.6 is 11.3 Å². The topological polar surface area (TPSA) is 77.2 Å². The monoisotopic (exact) mass is 343 g/mol. The summed E-state index contributed by atoms with van der Waals surface area (Å²) in [5.74, 6) is 1.54. The first-order chi connectivity index (χ1) is 11.8. The quantitative estimate of drug-likeness (QED) is 0.706. The minimum Gasteiger partial charge on any atom is -0.492 e. The van der Waals surface area contributed by atoms with Crippen LogP contribution in [0.2, 0.25) is 0 Å². The maximum Gasteiger partial charge on any atom is 0.227 e. The van der Waals surface area contributed by atoms with Crippen molar-refractivity contribution in [1.29, 1.82) is 0 Å². The third-order valence-corrected chi connectivity index (χ3v) is 4.10. The molecule has 6 nitrogen and oxygen atoms in total. The highest BCUT2D eigenvalue weighted by atomic mass is 32.1. The Morgan fingerprint density at radius 2 is 2.17 bits per heavy atom. The summed E-state index contributed by atoms with van der Waals surface area (Å²) in [5.41, 5.74) is 0.661. The summed E-state index contributed by atoms with van der Waals surface area (Å²) in [5, 5.41) is 8.73. The van der Waals surface area contributed by atoms with Gasteiger partial charge in [0.2, 0.25) is 17.6 Å². The average Bonchev–Trinajstić information content (AvgIpc) is 3.26. The number of thiophene rings is 1. The van der Waals surface area contributed by atoms with E-state index in [2.05, 4.69) is 15.5 Å². The summed E-state index contributed by atoms with van der Waals surface area (Å²) in [4.78, 5) is 17.4. The number of amides is 1. The number of aromatic nitrogens is 2. The molecule has 0 saturated carbocycles. The predicted molar refractivity (Wildman–Crippen MR) is 92.2 cm³/mol. The highest BCUT2D eigenvalue weighted by Gasteiger charge is 2.12. The van der Waals surface area contributed by atoms with Crippen LogP contribution in [0.3, 0.4) is 0 Å². The second kappa shape index (κ2) is 7.74. The van der Waals surface area contributed by atoms with Crippen LogP contribution in [0.25, 0.3) is 10.7 Å². The number of aryl methyl sites for hydroxylation is 1. The van der Waals surface area contributed by atoms with E-state index >= 15 is 0 Å². The van der Waals surface area contributed by atoms with Gasteiger partial charge >= 0.3 is 0 Å². The Bertz CT molecular complexity index is 799. The van der Waals surface area contributed by atoms with Crippen molar-refractivity contribution < 1.29 is 14.1 Å². The van der Waals surface area contributed by atoms with Gasteiger partial charge in [-0.2, -0.15) is 4.98 Å². The second-order valence-corrected chi connectivity index (χ2v) is 5.91. The van der Waals surface area contributed by atoms with Gasteiger partial charge in [0.1, 0.15) is 5.75 Å². The molecule has 2 aromatic heterocycles. The van der Waals surface area contributed by atoms with Gasteiger partial charge in [0.15, 0.2) is 0 Å². The number of para-hydroxylation sites is 2. The van der Waals surface area contributed by atoms with Crippen LogP contribution in [0.15, 0.2) is 46.3 Å². The van der Waals surface area contributed by atoms with Crippen molar-refractivity contribution in [3.8, 4) is 16.5 Å². The van der Waals surface area contributed by atoms with Crippen molar-refractivity contribution in [3.05, 3.63) is 47.7 Å². The third-order valence-electron chi connectivity index (χ3n) is 3.24. The fourth-order valence-electron chi connectivity index (χ4n) is 2.15. The largest absolute Gasteiger partial charge is 0.492 e. The van der Waals surface area contributed by atoms with E-state index in [-0.39, 0.29) is 12.3 Å². The van der Waals surface area contributed by atoms with E-state index in [0.29, 0.717) is 36.2 Å². The first-order valence-corrected chi connectivity index (χ1v) is 8.52. The van der Waals surface area contributed by atoms with Gasteiger partial charge in [0.05, 0.1) is 17.2 Å². The summed E-state index contributed by atoms with van der Waals surface area (Å²) in [7, 11) is 0. The lowest BCUT2D eigenvalue weighted by molar-refractivity contribution is -0.116. The average molecular weight is 343 g/mol. The van der Waals surface area contributed by atoms with E-state index in [4.69, 9.17) is 9.26 Å². The standard InChI is InChI=1S/C17H17N3O3S/c1-2-22-13-7-4-3-6-12(13)18-15(21)9-10-16-19-17(20-23-16)14-8-5-11-24-14/h3-8,11H,2,9-10H2,1H3,(H,18,21). The molecule has 1 aromatic carbocycles. The molecule has 2 heterocycles. The fraction of sp³-hybridized carbons (Fsp3) is 0.235. The maximum absolute atomic E-state index is 12.1. The van der Waals surface area contributed by atoms with E-state index in [0.717, 1.165) is 4.88 Å².